The van der Waals surface area contributed by atoms with Gasteiger partial charge >= 0.3 is 0 Å². The van der Waals surface area contributed by atoms with Gasteiger partial charge in [-0.3, -0.25) is 4.79 Å². The smallest absolute Gasteiger partial charge is 0.177 e. The first kappa shape index (κ1) is 14.8. The van der Waals surface area contributed by atoms with Crippen LogP contribution < -0.4 is 10.6 Å². The average molecular weight is 293 g/mol. The van der Waals surface area contributed by atoms with Gasteiger partial charge in [-0.15, -0.1) is 11.3 Å². The molecule has 1 aliphatic rings. The Balaban J connectivity index is 2.40. The Morgan fingerprint density at radius 1 is 1.45 bits per heavy atom. The molecule has 0 radical (unpaired) electrons. The lowest BCUT2D eigenvalue weighted by Crippen LogP contribution is -2.25. The number of ether oxygens (including phenoxy) is 1. The van der Waals surface area contributed by atoms with Gasteiger partial charge in [0.2, 0.25) is 0 Å². The number of nitrogens with two attached hydrogens (primary N) is 1. The zero-order valence-electron chi connectivity index (χ0n) is 11.8. The van der Waals surface area contributed by atoms with E-state index in [1.165, 1.54) is 11.3 Å². The number of anilines is 2. The Labute approximate surface area is 122 Å². The van der Waals surface area contributed by atoms with E-state index in [4.69, 9.17) is 10.5 Å². The van der Waals surface area contributed by atoms with E-state index in [1.54, 1.807) is 0 Å². The van der Waals surface area contributed by atoms with Gasteiger partial charge in [0, 0.05) is 25.6 Å². The van der Waals surface area contributed by atoms with Crippen molar-refractivity contribution in [2.24, 2.45) is 5.92 Å². The highest BCUT2D eigenvalue weighted by Gasteiger charge is 2.25. The van der Waals surface area contributed by atoms with Crippen molar-refractivity contribution in [3.05, 3.63) is 10.4 Å². The van der Waals surface area contributed by atoms with Crippen molar-refractivity contribution >= 4 is 27.8 Å². The number of nitriles is 1. The van der Waals surface area contributed by atoms with E-state index in [0.29, 0.717) is 22.7 Å². The van der Waals surface area contributed by atoms with Gasteiger partial charge in [0.05, 0.1) is 17.2 Å². The maximum Gasteiger partial charge on any atom is 0.177 e. The predicted molar refractivity (Wildman–Crippen MR) is 80.3 cm³/mol. The van der Waals surface area contributed by atoms with E-state index in [9.17, 15) is 10.1 Å². The highest BCUT2D eigenvalue weighted by Crippen LogP contribution is 2.39. The largest absolute Gasteiger partial charge is 0.396 e. The Morgan fingerprint density at radius 3 is 2.85 bits per heavy atom. The van der Waals surface area contributed by atoms with Crippen LogP contribution in [-0.2, 0) is 4.74 Å². The lowest BCUT2D eigenvalue weighted by atomic mass is 10.1. The Morgan fingerprint density at radius 2 is 2.20 bits per heavy atom. The maximum atomic E-state index is 12.2. The van der Waals surface area contributed by atoms with Gasteiger partial charge in [0.15, 0.2) is 5.78 Å². The van der Waals surface area contributed by atoms with Crippen molar-refractivity contribution in [1.82, 2.24) is 0 Å². The first-order valence-corrected chi connectivity index (χ1v) is 7.57. The number of Topliss-reactive ketones (excluding diaryl/α,β-unsaturated/α-hetero) is 1. The molecule has 0 aromatic carbocycles. The molecule has 0 spiro atoms. The summed E-state index contributed by atoms with van der Waals surface area (Å²) < 4.78 is 5.42. The molecule has 108 valence electrons. The number of ketones is 1. The molecule has 20 heavy (non-hydrogen) atoms. The minimum Gasteiger partial charge on any atom is -0.396 e. The van der Waals surface area contributed by atoms with Gasteiger partial charge < -0.3 is 15.4 Å². The quantitative estimate of drug-likeness (QED) is 0.865. The average Bonchev–Trinajstić information content (AvgIpc) is 2.62. The van der Waals surface area contributed by atoms with E-state index in [0.717, 1.165) is 31.1 Å². The highest BCUT2D eigenvalue weighted by molar-refractivity contribution is 7.19. The van der Waals surface area contributed by atoms with Crippen LogP contribution >= 0.6 is 11.3 Å². The van der Waals surface area contributed by atoms with Crippen molar-refractivity contribution < 1.29 is 9.53 Å². The summed E-state index contributed by atoms with van der Waals surface area (Å²) in [5.41, 5.74) is 6.77. The summed E-state index contributed by atoms with van der Waals surface area (Å²) in [6.07, 6.45) is 0.913. The monoisotopic (exact) mass is 293 g/mol. The second-order valence-corrected chi connectivity index (χ2v) is 6.11. The zero-order valence-corrected chi connectivity index (χ0v) is 12.6. The van der Waals surface area contributed by atoms with Crippen LogP contribution in [0.2, 0.25) is 0 Å². The summed E-state index contributed by atoms with van der Waals surface area (Å²) in [5.74, 6) is -0.121. The van der Waals surface area contributed by atoms with Gasteiger partial charge in [-0.05, 0) is 6.42 Å². The molecule has 0 bridgehead atoms. The number of rotatable bonds is 3. The number of hydrogen-bond acceptors (Lipinski definition) is 6. The fourth-order valence-corrected chi connectivity index (χ4v) is 3.47. The molecule has 2 N–H and O–H groups in total. The minimum atomic E-state index is -0.122. The fourth-order valence-electron chi connectivity index (χ4n) is 2.16. The number of nitrogen functional groups attached to an aromatic ring is 1. The summed E-state index contributed by atoms with van der Waals surface area (Å²) in [6, 6.07) is 2.15. The molecule has 6 heteroatoms. The van der Waals surface area contributed by atoms with Crippen LogP contribution in [0.1, 0.15) is 35.5 Å². The molecule has 0 saturated carbocycles. The van der Waals surface area contributed by atoms with Crippen LogP contribution in [0.15, 0.2) is 0 Å². The predicted octanol–water partition coefficient (Wildman–Crippen LogP) is 2.27. The van der Waals surface area contributed by atoms with Crippen LogP contribution in [0.4, 0.5) is 10.7 Å². The topological polar surface area (TPSA) is 79.3 Å². The molecule has 1 aromatic heterocycles. The minimum absolute atomic E-state index is 0.00122. The van der Waals surface area contributed by atoms with E-state index in [1.807, 2.05) is 13.8 Å². The zero-order chi connectivity index (χ0) is 14.7. The van der Waals surface area contributed by atoms with Gasteiger partial charge in [0.25, 0.3) is 0 Å². The molecule has 1 aliphatic heterocycles. The molecule has 0 amide bonds. The van der Waals surface area contributed by atoms with Crippen molar-refractivity contribution in [2.75, 3.05) is 36.9 Å². The lowest BCUT2D eigenvalue weighted by molar-refractivity contribution is 0.0944. The third-order valence-electron chi connectivity index (χ3n) is 3.30. The van der Waals surface area contributed by atoms with Crippen LogP contribution in [0.3, 0.4) is 0 Å². The van der Waals surface area contributed by atoms with Gasteiger partial charge in [-0.25, -0.2) is 0 Å². The summed E-state index contributed by atoms with van der Waals surface area (Å²) in [5, 5.41) is 10.1. The fraction of sp³-hybridized carbons (Fsp3) is 0.571. The SMILES string of the molecule is CC(C)C(=O)c1sc(N2CCCOCC2)c(C#N)c1N. The second-order valence-electron chi connectivity index (χ2n) is 5.11. The Bertz CT molecular complexity index is 537. The van der Waals surface area contributed by atoms with Crippen molar-refractivity contribution in [3.63, 3.8) is 0 Å². The number of hydrogen-bond donors (Lipinski definition) is 1. The van der Waals surface area contributed by atoms with E-state index in [-0.39, 0.29) is 11.7 Å². The normalized spacial score (nSPS) is 16.0. The maximum absolute atomic E-state index is 12.2. The molecule has 2 rings (SSSR count). The van der Waals surface area contributed by atoms with Crippen LogP contribution in [0, 0.1) is 17.2 Å². The summed E-state index contributed by atoms with van der Waals surface area (Å²) in [4.78, 5) is 14.8. The van der Waals surface area contributed by atoms with Crippen LogP contribution in [-0.4, -0.2) is 32.1 Å². The molecular weight excluding hydrogens is 274 g/mol. The van der Waals surface area contributed by atoms with Crippen molar-refractivity contribution in [3.8, 4) is 6.07 Å². The van der Waals surface area contributed by atoms with Gasteiger partial charge in [0.1, 0.15) is 16.6 Å². The molecular formula is C14H19N3O2S. The molecule has 0 atom stereocenters. The molecule has 2 heterocycles. The summed E-state index contributed by atoms with van der Waals surface area (Å²) in [6.45, 7) is 6.60. The number of carbonyl (C=O) groups excluding carboxylic acids is 1. The number of thiophene rings is 1. The summed E-state index contributed by atoms with van der Waals surface area (Å²) in [7, 11) is 0. The van der Waals surface area contributed by atoms with Crippen molar-refractivity contribution in [2.45, 2.75) is 20.3 Å². The second kappa shape index (κ2) is 6.25. The third-order valence-corrected chi connectivity index (χ3v) is 4.58. The molecule has 0 unspecified atom stereocenters. The van der Waals surface area contributed by atoms with Crippen molar-refractivity contribution in [1.29, 1.82) is 5.26 Å². The Hall–Kier alpha value is -1.58. The molecule has 1 aromatic rings. The molecule has 0 aliphatic carbocycles. The first-order valence-electron chi connectivity index (χ1n) is 6.75. The Kier molecular flexibility index (Phi) is 4.63. The summed E-state index contributed by atoms with van der Waals surface area (Å²) >= 11 is 1.34. The number of carbonyl (C=O) groups is 1. The van der Waals surface area contributed by atoms with Gasteiger partial charge in [-0.2, -0.15) is 5.26 Å². The molecule has 1 fully saturated rings. The van der Waals surface area contributed by atoms with Crippen LogP contribution in [0.25, 0.3) is 0 Å². The van der Waals surface area contributed by atoms with Crippen LogP contribution in [0.5, 0.6) is 0 Å². The molecule has 1 saturated heterocycles. The van der Waals surface area contributed by atoms with E-state index in [2.05, 4.69) is 11.0 Å². The first-order chi connectivity index (χ1) is 9.56. The van der Waals surface area contributed by atoms with E-state index >= 15 is 0 Å². The standard InChI is InChI=1S/C14H19N3O2S/c1-9(2)12(18)13-11(16)10(8-15)14(20-13)17-4-3-6-19-7-5-17/h9H,3-7,16H2,1-2H3. The van der Waals surface area contributed by atoms with E-state index < -0.39 is 0 Å². The molecule has 5 nitrogen and oxygen atoms in total. The highest BCUT2D eigenvalue weighted by atomic mass is 32.1. The van der Waals surface area contributed by atoms with Gasteiger partial charge in [-0.1, -0.05) is 13.8 Å². The third kappa shape index (κ3) is 2.79. The number of nitrogens with zero attached hydrogens (tertiary/aromatic N) is 2. The lowest BCUT2D eigenvalue weighted by Gasteiger charge is -2.20.